The van der Waals surface area contributed by atoms with Crippen molar-refractivity contribution >= 4 is 23.9 Å². The van der Waals surface area contributed by atoms with Crippen LogP contribution in [0.2, 0.25) is 0 Å². The second kappa shape index (κ2) is 8.39. The minimum atomic E-state index is -0.187. The molecule has 1 aromatic carbocycles. The van der Waals surface area contributed by atoms with Gasteiger partial charge >= 0.3 is 0 Å². The minimum Gasteiger partial charge on any atom is -0.303 e. The van der Waals surface area contributed by atoms with Gasteiger partial charge in [-0.25, -0.2) is 0 Å². The molecule has 0 spiro atoms. The molecule has 0 radical (unpaired) electrons. The standard InChI is InChI=1S/C21H25NO4/c23-11-2-1-4-15-5-3-6-17-18(15)12-14(13-19(17)24)7-8-16-9-10-20(25)22-21(16)26/h3,5-6,11,14,16H,1-2,4,7-10,12-13H2,(H,22,25,26). The molecule has 5 nitrogen and oxygen atoms in total. The maximum atomic E-state index is 12.6. The fraction of sp³-hybridized carbons (Fsp3) is 0.524. The monoisotopic (exact) mass is 355 g/mol. The summed E-state index contributed by atoms with van der Waals surface area (Å²) in [6.07, 6.45) is 7.02. The van der Waals surface area contributed by atoms with Gasteiger partial charge in [-0.15, -0.1) is 0 Å². The number of Topliss-reactive ketones (excluding diaryl/α,β-unsaturated/α-hetero) is 1. The Balaban J connectivity index is 1.64. The average molecular weight is 355 g/mol. The SMILES string of the molecule is O=CCCCc1cccc2c1CC(CCC1CCC(=O)NC1=O)CC2=O. The molecule has 0 aromatic heterocycles. The third-order valence-electron chi connectivity index (χ3n) is 5.59. The molecule has 1 fully saturated rings. The second-order valence-electron chi connectivity index (χ2n) is 7.42. The van der Waals surface area contributed by atoms with Crippen LogP contribution in [0, 0.1) is 11.8 Å². The highest BCUT2D eigenvalue weighted by Gasteiger charge is 2.30. The second-order valence-corrected chi connectivity index (χ2v) is 7.42. The summed E-state index contributed by atoms with van der Waals surface area (Å²) in [5.41, 5.74) is 3.12. The number of hydrogen-bond donors (Lipinski definition) is 1. The number of ketones is 1. The maximum Gasteiger partial charge on any atom is 0.229 e. The van der Waals surface area contributed by atoms with E-state index in [1.165, 1.54) is 5.56 Å². The molecule has 2 unspecified atom stereocenters. The lowest BCUT2D eigenvalue weighted by Crippen LogP contribution is -2.40. The zero-order valence-electron chi connectivity index (χ0n) is 15.0. The van der Waals surface area contributed by atoms with Crippen LogP contribution in [0.5, 0.6) is 0 Å². The average Bonchev–Trinajstić information content (AvgIpc) is 2.62. The van der Waals surface area contributed by atoms with Gasteiger partial charge in [0.2, 0.25) is 11.8 Å². The molecule has 2 amide bonds. The lowest BCUT2D eigenvalue weighted by Gasteiger charge is -2.28. The Labute approximate surface area is 153 Å². The van der Waals surface area contributed by atoms with Crippen LogP contribution in [0.15, 0.2) is 18.2 Å². The van der Waals surface area contributed by atoms with Gasteiger partial charge in [0.1, 0.15) is 6.29 Å². The summed E-state index contributed by atoms with van der Waals surface area (Å²) in [5.74, 6) is -0.0530. The Morgan fingerprint density at radius 3 is 2.73 bits per heavy atom. The topological polar surface area (TPSA) is 80.3 Å². The highest BCUT2D eigenvalue weighted by molar-refractivity contribution is 5.99. The van der Waals surface area contributed by atoms with Crippen LogP contribution in [-0.4, -0.2) is 23.9 Å². The van der Waals surface area contributed by atoms with Gasteiger partial charge in [-0.2, -0.15) is 0 Å². The number of piperidine rings is 1. The predicted molar refractivity (Wildman–Crippen MR) is 96.7 cm³/mol. The third-order valence-corrected chi connectivity index (χ3v) is 5.59. The van der Waals surface area contributed by atoms with E-state index in [1.54, 1.807) is 0 Å². The Morgan fingerprint density at radius 1 is 1.12 bits per heavy atom. The van der Waals surface area contributed by atoms with Gasteiger partial charge in [-0.05, 0) is 55.6 Å². The molecular formula is C21H25NO4. The van der Waals surface area contributed by atoms with Gasteiger partial charge in [0.25, 0.3) is 0 Å². The number of carbonyl (C=O) groups is 4. The Morgan fingerprint density at radius 2 is 1.96 bits per heavy atom. The number of nitrogens with one attached hydrogen (secondary N) is 1. The summed E-state index contributed by atoms with van der Waals surface area (Å²) >= 11 is 0. The Kier molecular flexibility index (Phi) is 5.96. The first-order valence-corrected chi connectivity index (χ1v) is 9.49. The molecule has 3 rings (SSSR count). The Hall–Kier alpha value is -2.30. The molecule has 2 aliphatic rings. The molecule has 5 heteroatoms. The van der Waals surface area contributed by atoms with Crippen LogP contribution in [-0.2, 0) is 27.2 Å². The molecule has 0 saturated carbocycles. The molecule has 1 heterocycles. The minimum absolute atomic E-state index is 0.118. The molecule has 1 aliphatic heterocycles. The van der Waals surface area contributed by atoms with Crippen LogP contribution in [0.4, 0.5) is 0 Å². The highest BCUT2D eigenvalue weighted by Crippen LogP contribution is 2.33. The number of aldehydes is 1. The quantitative estimate of drug-likeness (QED) is 0.463. The van der Waals surface area contributed by atoms with Gasteiger partial charge in [-0.3, -0.25) is 19.7 Å². The third kappa shape index (κ3) is 4.26. The van der Waals surface area contributed by atoms with Crippen molar-refractivity contribution in [3.05, 3.63) is 34.9 Å². The first-order chi connectivity index (χ1) is 12.6. The number of aryl methyl sites for hydroxylation is 1. The number of fused-ring (bicyclic) bond motifs is 1. The maximum absolute atomic E-state index is 12.6. The first kappa shape index (κ1) is 18.5. The lowest BCUT2D eigenvalue weighted by atomic mass is 9.77. The highest BCUT2D eigenvalue weighted by atomic mass is 16.2. The Bertz CT molecular complexity index is 725. The van der Waals surface area contributed by atoms with E-state index in [0.29, 0.717) is 25.7 Å². The van der Waals surface area contributed by atoms with Crippen LogP contribution in [0.25, 0.3) is 0 Å². The van der Waals surface area contributed by atoms with Crippen molar-refractivity contribution in [1.29, 1.82) is 0 Å². The van der Waals surface area contributed by atoms with E-state index >= 15 is 0 Å². The van der Waals surface area contributed by atoms with E-state index in [0.717, 1.165) is 49.5 Å². The summed E-state index contributed by atoms with van der Waals surface area (Å²) in [5, 5.41) is 2.41. The van der Waals surface area contributed by atoms with Crippen molar-refractivity contribution in [1.82, 2.24) is 5.32 Å². The number of amides is 2. The number of rotatable bonds is 7. The number of hydrogen-bond acceptors (Lipinski definition) is 4. The summed E-state index contributed by atoms with van der Waals surface area (Å²) in [7, 11) is 0. The van der Waals surface area contributed by atoms with Crippen LogP contribution in [0.1, 0.15) is 66.4 Å². The van der Waals surface area contributed by atoms with Crippen LogP contribution in [0.3, 0.4) is 0 Å². The zero-order chi connectivity index (χ0) is 18.5. The van der Waals surface area contributed by atoms with E-state index in [1.807, 2.05) is 12.1 Å². The summed E-state index contributed by atoms with van der Waals surface area (Å²) in [4.78, 5) is 46.3. The van der Waals surface area contributed by atoms with Gasteiger partial charge < -0.3 is 4.79 Å². The summed E-state index contributed by atoms with van der Waals surface area (Å²) < 4.78 is 0. The molecule has 2 atom stereocenters. The van der Waals surface area contributed by atoms with Gasteiger partial charge in [0, 0.05) is 30.7 Å². The number of unbranched alkanes of at least 4 members (excludes halogenated alkanes) is 1. The van der Waals surface area contributed by atoms with Crippen LogP contribution < -0.4 is 5.32 Å². The first-order valence-electron chi connectivity index (χ1n) is 9.49. The van der Waals surface area contributed by atoms with E-state index in [-0.39, 0.29) is 29.4 Å². The number of imide groups is 1. The predicted octanol–water partition coefficient (Wildman–Crippen LogP) is 2.79. The molecule has 26 heavy (non-hydrogen) atoms. The molecule has 1 aliphatic carbocycles. The fourth-order valence-electron chi connectivity index (χ4n) is 4.13. The molecule has 138 valence electrons. The van der Waals surface area contributed by atoms with E-state index in [9.17, 15) is 19.2 Å². The number of benzene rings is 1. The summed E-state index contributed by atoms with van der Waals surface area (Å²) in [6, 6.07) is 5.88. The van der Waals surface area contributed by atoms with Gasteiger partial charge in [0.05, 0.1) is 0 Å². The van der Waals surface area contributed by atoms with Crippen molar-refractivity contribution < 1.29 is 19.2 Å². The molecule has 1 aromatic rings. The number of carbonyl (C=O) groups excluding carboxylic acids is 4. The molecule has 1 saturated heterocycles. The summed E-state index contributed by atoms with van der Waals surface area (Å²) in [6.45, 7) is 0. The van der Waals surface area contributed by atoms with Crippen molar-refractivity contribution in [2.45, 2.75) is 57.8 Å². The van der Waals surface area contributed by atoms with Crippen molar-refractivity contribution in [3.8, 4) is 0 Å². The smallest absolute Gasteiger partial charge is 0.229 e. The lowest BCUT2D eigenvalue weighted by molar-refractivity contribution is -0.136. The van der Waals surface area contributed by atoms with Crippen molar-refractivity contribution in [2.24, 2.45) is 11.8 Å². The normalized spacial score (nSPS) is 22.7. The fourth-order valence-corrected chi connectivity index (χ4v) is 4.13. The molecular weight excluding hydrogens is 330 g/mol. The molecule has 0 bridgehead atoms. The largest absolute Gasteiger partial charge is 0.303 e. The van der Waals surface area contributed by atoms with Gasteiger partial charge in [-0.1, -0.05) is 18.2 Å². The van der Waals surface area contributed by atoms with Crippen molar-refractivity contribution in [3.63, 3.8) is 0 Å². The molecule has 1 N–H and O–H groups in total. The van der Waals surface area contributed by atoms with E-state index in [4.69, 9.17) is 0 Å². The van der Waals surface area contributed by atoms with Crippen LogP contribution >= 0.6 is 0 Å². The zero-order valence-corrected chi connectivity index (χ0v) is 15.0. The van der Waals surface area contributed by atoms with E-state index in [2.05, 4.69) is 11.4 Å². The van der Waals surface area contributed by atoms with E-state index < -0.39 is 0 Å². The van der Waals surface area contributed by atoms with Crippen molar-refractivity contribution in [2.75, 3.05) is 0 Å². The van der Waals surface area contributed by atoms with Gasteiger partial charge in [0.15, 0.2) is 5.78 Å².